The Balaban J connectivity index is 2.05. The SMILES string of the molecule is CSCCCCCNCc1ccc(SC)cc1. The molecule has 1 aromatic carbocycles. The molecule has 3 heteroatoms. The van der Waals surface area contributed by atoms with E-state index >= 15 is 0 Å². The lowest BCUT2D eigenvalue weighted by Crippen LogP contribution is -2.14. The zero-order valence-corrected chi connectivity index (χ0v) is 12.5. The van der Waals surface area contributed by atoms with Crippen LogP contribution in [-0.4, -0.2) is 24.8 Å². The summed E-state index contributed by atoms with van der Waals surface area (Å²) in [5.74, 6) is 1.30. The summed E-state index contributed by atoms with van der Waals surface area (Å²) < 4.78 is 0. The zero-order chi connectivity index (χ0) is 12.3. The van der Waals surface area contributed by atoms with Crippen LogP contribution in [0.1, 0.15) is 24.8 Å². The first kappa shape index (κ1) is 14.9. The molecular formula is C14H23NS2. The molecule has 17 heavy (non-hydrogen) atoms. The van der Waals surface area contributed by atoms with Crippen LogP contribution in [0.25, 0.3) is 0 Å². The molecule has 1 rings (SSSR count). The predicted octanol–water partition coefficient (Wildman–Crippen LogP) is 4.03. The van der Waals surface area contributed by atoms with Crippen molar-refractivity contribution in [2.75, 3.05) is 24.8 Å². The van der Waals surface area contributed by atoms with Gasteiger partial charge < -0.3 is 5.32 Å². The maximum absolute atomic E-state index is 3.50. The molecule has 1 nitrogen and oxygen atoms in total. The van der Waals surface area contributed by atoms with Crippen molar-refractivity contribution in [2.45, 2.75) is 30.7 Å². The molecule has 1 aromatic rings. The maximum atomic E-state index is 3.50. The lowest BCUT2D eigenvalue weighted by atomic mass is 10.2. The summed E-state index contributed by atoms with van der Waals surface area (Å²) in [5.41, 5.74) is 1.38. The van der Waals surface area contributed by atoms with Crippen LogP contribution in [0.2, 0.25) is 0 Å². The molecule has 1 N–H and O–H groups in total. The van der Waals surface area contributed by atoms with E-state index in [-0.39, 0.29) is 0 Å². The summed E-state index contributed by atoms with van der Waals surface area (Å²) in [6.07, 6.45) is 8.28. The third-order valence-electron chi connectivity index (χ3n) is 2.69. The van der Waals surface area contributed by atoms with Crippen molar-refractivity contribution in [3.63, 3.8) is 0 Å². The number of thioether (sulfide) groups is 2. The highest BCUT2D eigenvalue weighted by Crippen LogP contribution is 2.14. The van der Waals surface area contributed by atoms with E-state index in [1.807, 2.05) is 11.8 Å². The molecule has 0 saturated heterocycles. The average Bonchev–Trinajstić information content (AvgIpc) is 2.38. The Hall–Kier alpha value is -0.120. The standard InChI is InChI=1S/C14H23NS2/c1-16-11-5-3-4-10-15-12-13-6-8-14(17-2)9-7-13/h6-9,15H,3-5,10-12H2,1-2H3. The summed E-state index contributed by atoms with van der Waals surface area (Å²) in [6, 6.07) is 8.82. The van der Waals surface area contributed by atoms with E-state index in [2.05, 4.69) is 42.1 Å². The first-order valence-corrected chi connectivity index (χ1v) is 8.81. The topological polar surface area (TPSA) is 12.0 Å². The number of nitrogens with one attached hydrogen (secondary N) is 1. The van der Waals surface area contributed by atoms with Gasteiger partial charge in [0.15, 0.2) is 0 Å². The predicted molar refractivity (Wildman–Crippen MR) is 82.2 cm³/mol. The smallest absolute Gasteiger partial charge is 0.0205 e. The Labute approximate surface area is 114 Å². The van der Waals surface area contributed by atoms with Gasteiger partial charge in [-0.05, 0) is 55.3 Å². The molecular weight excluding hydrogens is 246 g/mol. The summed E-state index contributed by atoms with van der Waals surface area (Å²) in [4.78, 5) is 1.34. The van der Waals surface area contributed by atoms with Crippen molar-refractivity contribution in [1.29, 1.82) is 0 Å². The number of hydrogen-bond donors (Lipinski definition) is 1. The minimum absolute atomic E-state index is 0.997. The second kappa shape index (κ2) is 9.86. The fourth-order valence-corrected chi connectivity index (χ4v) is 2.55. The Kier molecular flexibility index (Phi) is 8.67. The molecule has 0 aliphatic rings. The second-order valence-electron chi connectivity index (χ2n) is 4.08. The number of rotatable bonds is 9. The molecule has 0 heterocycles. The van der Waals surface area contributed by atoms with Gasteiger partial charge in [0.2, 0.25) is 0 Å². The van der Waals surface area contributed by atoms with Crippen molar-refractivity contribution in [1.82, 2.24) is 5.32 Å². The normalized spacial score (nSPS) is 10.7. The minimum Gasteiger partial charge on any atom is -0.313 e. The average molecular weight is 269 g/mol. The first-order valence-electron chi connectivity index (χ1n) is 6.19. The molecule has 0 radical (unpaired) electrons. The molecule has 0 saturated carbocycles. The number of hydrogen-bond acceptors (Lipinski definition) is 3. The molecule has 0 aliphatic heterocycles. The maximum Gasteiger partial charge on any atom is 0.0205 e. The summed E-state index contributed by atoms with van der Waals surface area (Å²) >= 11 is 3.74. The molecule has 0 fully saturated rings. The van der Waals surface area contributed by atoms with Crippen molar-refractivity contribution in [3.8, 4) is 0 Å². The van der Waals surface area contributed by atoms with E-state index in [4.69, 9.17) is 0 Å². The van der Waals surface area contributed by atoms with Crippen LogP contribution in [0.4, 0.5) is 0 Å². The fourth-order valence-electron chi connectivity index (χ4n) is 1.65. The number of unbranched alkanes of at least 4 members (excludes halogenated alkanes) is 2. The van der Waals surface area contributed by atoms with Crippen LogP contribution in [0.15, 0.2) is 29.2 Å². The van der Waals surface area contributed by atoms with Gasteiger partial charge in [-0.2, -0.15) is 11.8 Å². The summed E-state index contributed by atoms with van der Waals surface area (Å²) in [6.45, 7) is 2.13. The Bertz CT molecular complexity index is 285. The van der Waals surface area contributed by atoms with Crippen LogP contribution < -0.4 is 5.32 Å². The van der Waals surface area contributed by atoms with E-state index in [0.29, 0.717) is 0 Å². The molecule has 0 bridgehead atoms. The van der Waals surface area contributed by atoms with E-state index < -0.39 is 0 Å². The van der Waals surface area contributed by atoms with Gasteiger partial charge in [-0.15, -0.1) is 11.8 Å². The van der Waals surface area contributed by atoms with Gasteiger partial charge in [0.05, 0.1) is 0 Å². The quantitative estimate of drug-likeness (QED) is 0.537. The molecule has 0 aliphatic carbocycles. The molecule has 0 amide bonds. The van der Waals surface area contributed by atoms with Gasteiger partial charge in [-0.25, -0.2) is 0 Å². The van der Waals surface area contributed by atoms with Gasteiger partial charge >= 0.3 is 0 Å². The molecule has 0 atom stereocenters. The third kappa shape index (κ3) is 7.02. The van der Waals surface area contributed by atoms with Crippen LogP contribution >= 0.6 is 23.5 Å². The largest absolute Gasteiger partial charge is 0.313 e. The molecule has 0 spiro atoms. The Morgan fingerprint density at radius 3 is 2.41 bits per heavy atom. The van der Waals surface area contributed by atoms with Crippen LogP contribution in [-0.2, 0) is 6.54 Å². The highest BCUT2D eigenvalue weighted by Gasteiger charge is 1.94. The zero-order valence-electron chi connectivity index (χ0n) is 10.9. The summed E-state index contributed by atoms with van der Waals surface area (Å²) in [5, 5.41) is 3.50. The van der Waals surface area contributed by atoms with Gasteiger partial charge in [0.1, 0.15) is 0 Å². The van der Waals surface area contributed by atoms with Gasteiger partial charge in [0.25, 0.3) is 0 Å². The lowest BCUT2D eigenvalue weighted by Gasteiger charge is -2.05. The molecule has 0 aromatic heterocycles. The van der Waals surface area contributed by atoms with Crippen LogP contribution in [0, 0.1) is 0 Å². The van der Waals surface area contributed by atoms with Crippen LogP contribution in [0.3, 0.4) is 0 Å². The summed E-state index contributed by atoms with van der Waals surface area (Å²) in [7, 11) is 0. The monoisotopic (exact) mass is 269 g/mol. The van der Waals surface area contributed by atoms with Crippen molar-refractivity contribution < 1.29 is 0 Å². The fraction of sp³-hybridized carbons (Fsp3) is 0.571. The minimum atomic E-state index is 0.997. The van der Waals surface area contributed by atoms with Gasteiger partial charge in [0, 0.05) is 11.4 Å². The van der Waals surface area contributed by atoms with E-state index in [1.54, 1.807) is 11.8 Å². The van der Waals surface area contributed by atoms with Gasteiger partial charge in [-0.1, -0.05) is 18.6 Å². The van der Waals surface area contributed by atoms with Crippen LogP contribution in [0.5, 0.6) is 0 Å². The van der Waals surface area contributed by atoms with E-state index in [0.717, 1.165) is 13.1 Å². The van der Waals surface area contributed by atoms with Crippen molar-refractivity contribution in [2.24, 2.45) is 0 Å². The third-order valence-corrected chi connectivity index (χ3v) is 4.13. The van der Waals surface area contributed by atoms with E-state index in [9.17, 15) is 0 Å². The first-order chi connectivity index (χ1) is 8.36. The Morgan fingerprint density at radius 2 is 1.76 bits per heavy atom. The highest BCUT2D eigenvalue weighted by atomic mass is 32.2. The molecule has 0 unspecified atom stereocenters. The van der Waals surface area contributed by atoms with Crippen molar-refractivity contribution in [3.05, 3.63) is 29.8 Å². The lowest BCUT2D eigenvalue weighted by molar-refractivity contribution is 0.618. The highest BCUT2D eigenvalue weighted by molar-refractivity contribution is 7.98. The van der Waals surface area contributed by atoms with E-state index in [1.165, 1.54) is 35.5 Å². The Morgan fingerprint density at radius 1 is 1.00 bits per heavy atom. The number of benzene rings is 1. The second-order valence-corrected chi connectivity index (χ2v) is 5.94. The van der Waals surface area contributed by atoms with Gasteiger partial charge in [-0.3, -0.25) is 0 Å². The van der Waals surface area contributed by atoms with Crippen molar-refractivity contribution >= 4 is 23.5 Å². The molecule has 96 valence electrons.